The van der Waals surface area contributed by atoms with Crippen molar-refractivity contribution in [2.45, 2.75) is 38.6 Å². The van der Waals surface area contributed by atoms with Crippen LogP contribution in [0.1, 0.15) is 41.4 Å². The normalized spacial score (nSPS) is 15.9. The van der Waals surface area contributed by atoms with Crippen LogP contribution in [-0.2, 0) is 16.1 Å². The molecule has 3 atom stereocenters. The SMILES string of the molecule is CN[C@@H](C)C(=O)N[C@H]1CN(C(=O)c2ccc(C(C)O)cc2)c2ccccc2N(Cc2c(OC)ccc3cc(Br)ccc23)C1=O.Cl. The zero-order chi connectivity index (χ0) is 31.5. The van der Waals surface area contributed by atoms with Crippen molar-refractivity contribution in [3.8, 4) is 5.75 Å². The predicted molar refractivity (Wildman–Crippen MR) is 182 cm³/mol. The number of carbonyl (C=O) groups is 3. The Labute approximate surface area is 277 Å². The molecule has 45 heavy (non-hydrogen) atoms. The van der Waals surface area contributed by atoms with Gasteiger partial charge in [0.1, 0.15) is 11.8 Å². The molecule has 4 aromatic carbocycles. The Morgan fingerprint density at radius 3 is 2.36 bits per heavy atom. The van der Waals surface area contributed by atoms with E-state index in [2.05, 4.69) is 26.6 Å². The van der Waals surface area contributed by atoms with Gasteiger partial charge in [-0.2, -0.15) is 0 Å². The molecule has 0 radical (unpaired) electrons. The lowest BCUT2D eigenvalue weighted by atomic mass is 10.0. The summed E-state index contributed by atoms with van der Waals surface area (Å²) in [5.74, 6) is -0.439. The molecule has 11 heteroatoms. The number of hydrogen-bond donors (Lipinski definition) is 3. The van der Waals surface area contributed by atoms with Crippen LogP contribution in [0.2, 0.25) is 0 Å². The van der Waals surface area contributed by atoms with Crippen LogP contribution in [0.15, 0.2) is 83.3 Å². The molecule has 0 bridgehead atoms. The summed E-state index contributed by atoms with van der Waals surface area (Å²) in [6, 6.07) is 22.1. The monoisotopic (exact) mass is 694 g/mol. The van der Waals surface area contributed by atoms with Gasteiger partial charge in [-0.15, -0.1) is 12.4 Å². The molecule has 4 aromatic rings. The van der Waals surface area contributed by atoms with E-state index in [1.165, 1.54) is 4.90 Å². The Balaban J connectivity index is 0.00000461. The standard InChI is InChI=1S/C34H35BrN4O5.ClH/c1-20(36-3)32(41)37-28-19-39(33(42)23-11-9-22(10-12-23)21(2)40)30-8-6-5-7-29(30)38(34(28)43)18-27-26-15-14-25(35)17-24(26)13-16-31(27)44-4;/h5-17,20-21,28,36,40H,18-19H2,1-4H3,(H,37,41);1H/t20-,21?,28-;/m0./s1. The number of ether oxygens (including phenoxy) is 1. The lowest BCUT2D eigenvalue weighted by Crippen LogP contribution is -2.55. The van der Waals surface area contributed by atoms with Crippen molar-refractivity contribution < 1.29 is 24.2 Å². The number of hydrogen-bond acceptors (Lipinski definition) is 6. The number of nitrogens with one attached hydrogen (secondary N) is 2. The van der Waals surface area contributed by atoms with Crippen LogP contribution in [0.4, 0.5) is 11.4 Å². The number of benzene rings is 4. The Kier molecular flexibility index (Phi) is 10.9. The number of para-hydroxylation sites is 2. The molecule has 1 aliphatic rings. The topological polar surface area (TPSA) is 111 Å². The summed E-state index contributed by atoms with van der Waals surface area (Å²) in [6.07, 6.45) is -0.676. The number of carbonyl (C=O) groups excluding carboxylic acids is 3. The second-order valence-electron chi connectivity index (χ2n) is 10.8. The van der Waals surface area contributed by atoms with E-state index in [1.807, 2.05) is 42.5 Å². The minimum Gasteiger partial charge on any atom is -0.496 e. The van der Waals surface area contributed by atoms with Crippen molar-refractivity contribution in [1.29, 1.82) is 0 Å². The van der Waals surface area contributed by atoms with Gasteiger partial charge in [0.2, 0.25) is 5.91 Å². The highest BCUT2D eigenvalue weighted by Crippen LogP contribution is 2.38. The summed E-state index contributed by atoms with van der Waals surface area (Å²) in [5.41, 5.74) is 2.93. The third-order valence-corrected chi connectivity index (χ3v) is 8.50. The van der Waals surface area contributed by atoms with Crippen molar-refractivity contribution in [3.05, 3.63) is 100 Å². The van der Waals surface area contributed by atoms with Gasteiger partial charge in [-0.3, -0.25) is 14.4 Å². The average Bonchev–Trinajstić information content (AvgIpc) is 3.14. The van der Waals surface area contributed by atoms with Crippen molar-refractivity contribution in [2.24, 2.45) is 0 Å². The van der Waals surface area contributed by atoms with Gasteiger partial charge in [-0.25, -0.2) is 0 Å². The maximum Gasteiger partial charge on any atom is 0.258 e. The van der Waals surface area contributed by atoms with E-state index in [-0.39, 0.29) is 43.2 Å². The number of rotatable bonds is 8. The van der Waals surface area contributed by atoms with Gasteiger partial charge in [-0.1, -0.05) is 52.3 Å². The fourth-order valence-corrected chi connectivity index (χ4v) is 5.77. The molecular formula is C34H36BrClN4O5. The van der Waals surface area contributed by atoms with E-state index in [9.17, 15) is 19.5 Å². The van der Waals surface area contributed by atoms with Crippen LogP contribution in [0.3, 0.4) is 0 Å². The highest BCUT2D eigenvalue weighted by Gasteiger charge is 2.38. The second kappa shape index (κ2) is 14.4. The van der Waals surface area contributed by atoms with Crippen molar-refractivity contribution in [2.75, 3.05) is 30.5 Å². The minimum atomic E-state index is -1.04. The zero-order valence-corrected chi connectivity index (χ0v) is 27.8. The molecule has 0 aromatic heterocycles. The van der Waals surface area contributed by atoms with E-state index in [0.717, 1.165) is 20.8 Å². The third kappa shape index (κ3) is 6.99. The number of amides is 3. The van der Waals surface area contributed by atoms with Crippen molar-refractivity contribution in [1.82, 2.24) is 10.6 Å². The maximum atomic E-state index is 14.4. The summed E-state index contributed by atoms with van der Waals surface area (Å²) in [7, 11) is 3.26. The summed E-state index contributed by atoms with van der Waals surface area (Å²) >= 11 is 3.54. The van der Waals surface area contributed by atoms with Crippen LogP contribution < -0.4 is 25.2 Å². The molecule has 5 rings (SSSR count). The third-order valence-electron chi connectivity index (χ3n) is 8.01. The quantitative estimate of drug-likeness (QED) is 0.229. The Bertz CT molecular complexity index is 1720. The molecule has 0 aliphatic carbocycles. The first kappa shape index (κ1) is 33.9. The number of likely N-dealkylation sites (N-methyl/N-ethyl adjacent to an activating group) is 1. The predicted octanol–water partition coefficient (Wildman–Crippen LogP) is 5.37. The van der Waals surface area contributed by atoms with Gasteiger partial charge < -0.3 is 30.3 Å². The van der Waals surface area contributed by atoms with E-state index >= 15 is 0 Å². The number of methoxy groups -OCH3 is 1. The van der Waals surface area contributed by atoms with Gasteiger partial charge in [-0.05, 0) is 79.7 Å². The second-order valence-corrected chi connectivity index (χ2v) is 11.7. The van der Waals surface area contributed by atoms with Gasteiger partial charge in [0, 0.05) is 15.6 Å². The Morgan fingerprint density at radius 2 is 1.71 bits per heavy atom. The molecule has 0 spiro atoms. The summed E-state index contributed by atoms with van der Waals surface area (Å²) < 4.78 is 6.68. The Morgan fingerprint density at radius 1 is 1.02 bits per heavy atom. The number of anilines is 2. The van der Waals surface area contributed by atoms with Gasteiger partial charge in [0.05, 0.1) is 43.7 Å². The molecule has 1 heterocycles. The van der Waals surface area contributed by atoms with Crippen LogP contribution in [0.5, 0.6) is 5.75 Å². The van der Waals surface area contributed by atoms with Crippen LogP contribution in [-0.4, -0.2) is 55.6 Å². The summed E-state index contributed by atoms with van der Waals surface area (Å²) in [6.45, 7) is 3.42. The number of aliphatic hydroxyl groups excluding tert-OH is 1. The maximum absolute atomic E-state index is 14.4. The molecule has 0 saturated carbocycles. The molecule has 1 aliphatic heterocycles. The highest BCUT2D eigenvalue weighted by atomic mass is 79.9. The molecule has 9 nitrogen and oxygen atoms in total. The lowest BCUT2D eigenvalue weighted by molar-refractivity contribution is -0.128. The van der Waals surface area contributed by atoms with Crippen molar-refractivity contribution in [3.63, 3.8) is 0 Å². The highest BCUT2D eigenvalue weighted by molar-refractivity contribution is 9.10. The van der Waals surface area contributed by atoms with E-state index in [0.29, 0.717) is 28.3 Å². The number of aliphatic hydroxyl groups is 1. The molecule has 0 saturated heterocycles. The van der Waals surface area contributed by atoms with Gasteiger partial charge in [0.25, 0.3) is 11.8 Å². The van der Waals surface area contributed by atoms with E-state index in [1.54, 1.807) is 69.3 Å². The molecule has 0 fully saturated rings. The summed E-state index contributed by atoms with van der Waals surface area (Å²) in [4.78, 5) is 44.8. The number of nitrogens with zero attached hydrogens (tertiary/aromatic N) is 2. The zero-order valence-electron chi connectivity index (χ0n) is 25.4. The Hall–Kier alpha value is -3.96. The van der Waals surface area contributed by atoms with Crippen LogP contribution in [0, 0.1) is 0 Å². The van der Waals surface area contributed by atoms with Crippen LogP contribution in [0.25, 0.3) is 10.8 Å². The fourth-order valence-electron chi connectivity index (χ4n) is 5.39. The summed E-state index contributed by atoms with van der Waals surface area (Å²) in [5, 5.41) is 17.6. The van der Waals surface area contributed by atoms with E-state index in [4.69, 9.17) is 4.74 Å². The van der Waals surface area contributed by atoms with Crippen LogP contribution >= 0.6 is 28.3 Å². The molecule has 1 unspecified atom stereocenters. The smallest absolute Gasteiger partial charge is 0.258 e. The lowest BCUT2D eigenvalue weighted by Gasteiger charge is -2.27. The van der Waals surface area contributed by atoms with Gasteiger partial charge in [0.15, 0.2) is 0 Å². The molecule has 3 amide bonds. The molecule has 3 N–H and O–H groups in total. The minimum absolute atomic E-state index is 0. The molecule has 236 valence electrons. The average molecular weight is 696 g/mol. The number of fused-ring (bicyclic) bond motifs is 2. The fraction of sp³-hybridized carbons (Fsp3) is 0.265. The van der Waals surface area contributed by atoms with E-state index < -0.39 is 18.2 Å². The van der Waals surface area contributed by atoms with Gasteiger partial charge >= 0.3 is 0 Å². The first-order chi connectivity index (χ1) is 21.1. The largest absolute Gasteiger partial charge is 0.496 e. The first-order valence-corrected chi connectivity index (χ1v) is 15.1. The van der Waals surface area contributed by atoms with Crippen molar-refractivity contribution >= 4 is 68.2 Å². The molecular weight excluding hydrogens is 660 g/mol. The first-order valence-electron chi connectivity index (χ1n) is 14.4. The number of halogens is 2.